The second kappa shape index (κ2) is 11.4. The van der Waals surface area contributed by atoms with Crippen LogP contribution in [0.3, 0.4) is 0 Å². The van der Waals surface area contributed by atoms with Crippen molar-refractivity contribution in [3.63, 3.8) is 0 Å². The van der Waals surface area contributed by atoms with Gasteiger partial charge in [0, 0.05) is 24.8 Å². The average molecular weight is 568 g/mol. The fraction of sp³-hybridized carbons (Fsp3) is 0.636. The maximum atomic E-state index is 13.4. The van der Waals surface area contributed by atoms with E-state index in [0.717, 1.165) is 44.1 Å². The van der Waals surface area contributed by atoms with Gasteiger partial charge in [-0.1, -0.05) is 31.6 Å². The van der Waals surface area contributed by atoms with Crippen LogP contribution in [0, 0.1) is 34.4 Å². The summed E-state index contributed by atoms with van der Waals surface area (Å²) in [6.45, 7) is 4.21. The van der Waals surface area contributed by atoms with E-state index in [9.17, 15) is 28.7 Å². The van der Waals surface area contributed by atoms with E-state index in [2.05, 4.69) is 12.2 Å². The number of hydrogen-bond acceptors (Lipinski definition) is 6. The molecule has 0 saturated heterocycles. The predicted octanol–water partition coefficient (Wildman–Crippen LogP) is 4.64. The zero-order valence-corrected chi connectivity index (χ0v) is 24.2. The summed E-state index contributed by atoms with van der Waals surface area (Å²) in [5.41, 5.74) is 0.0794. The van der Waals surface area contributed by atoms with Crippen molar-refractivity contribution in [1.29, 1.82) is 0 Å². The van der Waals surface area contributed by atoms with Gasteiger partial charge in [0.05, 0.1) is 6.42 Å². The summed E-state index contributed by atoms with van der Waals surface area (Å²) < 4.78 is 18.2. The molecule has 2 N–H and O–H groups in total. The highest BCUT2D eigenvalue weighted by molar-refractivity contribution is 5.92. The first-order chi connectivity index (χ1) is 19.5. The smallest absolute Gasteiger partial charge is 0.306 e. The molecule has 1 aromatic rings. The summed E-state index contributed by atoms with van der Waals surface area (Å²) in [6, 6.07) is 6.05. The van der Waals surface area contributed by atoms with Gasteiger partial charge >= 0.3 is 5.97 Å². The Morgan fingerprint density at radius 3 is 2.49 bits per heavy atom. The van der Waals surface area contributed by atoms with E-state index in [1.807, 2.05) is 13.0 Å². The molecule has 8 heteroatoms. The largest absolute Gasteiger partial charge is 0.458 e. The predicted molar refractivity (Wildman–Crippen MR) is 150 cm³/mol. The van der Waals surface area contributed by atoms with Crippen LogP contribution in [0.4, 0.5) is 4.39 Å². The third-order valence-electron chi connectivity index (χ3n) is 11.1. The number of allylic oxidation sites excluding steroid dienone is 1. The molecule has 0 radical (unpaired) electrons. The minimum Gasteiger partial charge on any atom is -0.458 e. The molecule has 0 spiro atoms. The highest BCUT2D eigenvalue weighted by atomic mass is 19.1. The van der Waals surface area contributed by atoms with Gasteiger partial charge in [0.25, 0.3) is 0 Å². The molecule has 222 valence electrons. The number of aliphatic hydroxyl groups is 1. The summed E-state index contributed by atoms with van der Waals surface area (Å²) in [7, 11) is 0. The number of benzene rings is 1. The van der Waals surface area contributed by atoms with E-state index in [0.29, 0.717) is 37.6 Å². The van der Waals surface area contributed by atoms with Crippen LogP contribution in [0.2, 0.25) is 0 Å². The first-order valence-corrected chi connectivity index (χ1v) is 15.1. The summed E-state index contributed by atoms with van der Waals surface area (Å²) in [4.78, 5) is 49.9. The van der Waals surface area contributed by atoms with Crippen molar-refractivity contribution >= 4 is 23.4 Å². The molecule has 4 aliphatic rings. The lowest BCUT2D eigenvalue weighted by molar-refractivity contribution is -0.170. The van der Waals surface area contributed by atoms with E-state index >= 15 is 0 Å². The Labute approximate surface area is 241 Å². The Morgan fingerprint density at radius 2 is 1.73 bits per heavy atom. The fourth-order valence-corrected chi connectivity index (χ4v) is 8.67. The lowest BCUT2D eigenvalue weighted by Gasteiger charge is -2.58. The zero-order valence-electron chi connectivity index (χ0n) is 24.2. The number of ether oxygens (including phenoxy) is 1. The van der Waals surface area contributed by atoms with Gasteiger partial charge in [0.15, 0.2) is 12.4 Å². The average Bonchev–Trinajstić information content (AvgIpc) is 3.23. The number of carbonyl (C=O) groups excluding carboxylic acids is 4. The Balaban J connectivity index is 1.11. The molecule has 1 amide bonds. The number of esters is 1. The highest BCUT2D eigenvalue weighted by Gasteiger charge is 2.66. The van der Waals surface area contributed by atoms with Crippen molar-refractivity contribution in [2.24, 2.45) is 28.6 Å². The van der Waals surface area contributed by atoms with Crippen LogP contribution in [0.1, 0.15) is 83.6 Å². The maximum absolute atomic E-state index is 13.4. The Kier molecular flexibility index (Phi) is 8.25. The molecule has 4 aliphatic carbocycles. The number of nitrogens with one attached hydrogen (secondary N) is 1. The first-order valence-electron chi connectivity index (χ1n) is 15.1. The van der Waals surface area contributed by atoms with Crippen molar-refractivity contribution in [1.82, 2.24) is 5.32 Å². The molecule has 7 nitrogen and oxygen atoms in total. The van der Waals surface area contributed by atoms with Gasteiger partial charge in [-0.3, -0.25) is 19.2 Å². The first kappa shape index (κ1) is 29.6. The summed E-state index contributed by atoms with van der Waals surface area (Å²) in [6.07, 6.45) is 8.32. The number of halogens is 1. The standard InChI is InChI=1S/C33H42FNO6/c1-31-15-11-24(36)19-22(31)5-8-25-26(31)12-16-32(2)27(25)13-17-33(32,40)28(37)20-41-30(39)10-9-29(38)35-18-14-21-3-6-23(34)7-4-21/h3-4,6-7,19,25-27,40H,5,8-18,20H2,1-2H3,(H,35,38). The van der Waals surface area contributed by atoms with Gasteiger partial charge < -0.3 is 15.2 Å². The molecule has 6 unspecified atom stereocenters. The quantitative estimate of drug-likeness (QED) is 0.421. The molecule has 3 fully saturated rings. The molecule has 5 rings (SSSR count). The van der Waals surface area contributed by atoms with Crippen LogP contribution in [0.25, 0.3) is 0 Å². The summed E-state index contributed by atoms with van der Waals surface area (Å²) in [5.74, 6) is -0.437. The van der Waals surface area contributed by atoms with Crippen LogP contribution < -0.4 is 5.32 Å². The molecule has 0 aliphatic heterocycles. The fourth-order valence-electron chi connectivity index (χ4n) is 8.67. The molecule has 3 saturated carbocycles. The molecular weight excluding hydrogens is 525 g/mol. The molecule has 0 aromatic heterocycles. The van der Waals surface area contributed by atoms with Gasteiger partial charge in [-0.2, -0.15) is 0 Å². The third kappa shape index (κ3) is 5.52. The Hall–Kier alpha value is -2.87. The van der Waals surface area contributed by atoms with Crippen molar-refractivity contribution in [2.75, 3.05) is 13.2 Å². The number of amides is 1. The summed E-state index contributed by atoms with van der Waals surface area (Å²) >= 11 is 0. The monoisotopic (exact) mass is 567 g/mol. The van der Waals surface area contributed by atoms with Crippen molar-refractivity contribution in [3.05, 3.63) is 47.3 Å². The third-order valence-corrected chi connectivity index (χ3v) is 11.1. The van der Waals surface area contributed by atoms with E-state index in [1.54, 1.807) is 12.1 Å². The Morgan fingerprint density at radius 1 is 1.00 bits per heavy atom. The zero-order chi connectivity index (χ0) is 29.4. The minimum absolute atomic E-state index is 0.0195. The van der Waals surface area contributed by atoms with Gasteiger partial charge in [-0.15, -0.1) is 0 Å². The SMILES string of the molecule is CC12CCC(=O)C=C1CCC1C2CCC2(C)C1CCC2(O)C(=O)COC(=O)CCC(=O)NCCc1ccc(F)cc1. The molecule has 0 heterocycles. The van der Waals surface area contributed by atoms with Gasteiger partial charge in [0.1, 0.15) is 11.4 Å². The second-order valence-corrected chi connectivity index (χ2v) is 13.1. The van der Waals surface area contributed by atoms with Gasteiger partial charge in [-0.25, -0.2) is 4.39 Å². The molecule has 1 aromatic carbocycles. The van der Waals surface area contributed by atoms with Crippen molar-refractivity contribution in [2.45, 2.75) is 90.1 Å². The molecule has 0 bridgehead atoms. The lowest BCUT2D eigenvalue weighted by Crippen LogP contribution is -2.58. The molecule has 6 atom stereocenters. The van der Waals surface area contributed by atoms with Gasteiger partial charge in [-0.05, 0) is 98.3 Å². The van der Waals surface area contributed by atoms with Gasteiger partial charge in [0.2, 0.25) is 11.7 Å². The molecular formula is C33H42FNO6. The number of hydrogen-bond donors (Lipinski definition) is 2. The van der Waals surface area contributed by atoms with Crippen LogP contribution in [-0.2, 0) is 30.3 Å². The van der Waals surface area contributed by atoms with E-state index in [4.69, 9.17) is 4.74 Å². The normalized spacial score (nSPS) is 34.1. The van der Waals surface area contributed by atoms with E-state index < -0.39 is 29.4 Å². The number of rotatable bonds is 9. The van der Waals surface area contributed by atoms with Crippen LogP contribution in [0.5, 0.6) is 0 Å². The minimum atomic E-state index is -1.54. The van der Waals surface area contributed by atoms with Crippen molar-refractivity contribution < 1.29 is 33.4 Å². The molecule has 41 heavy (non-hydrogen) atoms. The van der Waals surface area contributed by atoms with E-state index in [1.165, 1.54) is 17.7 Å². The Bertz CT molecular complexity index is 1240. The number of Topliss-reactive ketones (excluding diaryl/α,β-unsaturated/α-hetero) is 1. The van der Waals surface area contributed by atoms with Crippen LogP contribution in [-0.4, -0.2) is 47.3 Å². The highest BCUT2D eigenvalue weighted by Crippen LogP contribution is 2.67. The second-order valence-electron chi connectivity index (χ2n) is 13.1. The maximum Gasteiger partial charge on any atom is 0.306 e. The van der Waals surface area contributed by atoms with Crippen LogP contribution >= 0.6 is 0 Å². The number of fused-ring (bicyclic) bond motifs is 5. The van der Waals surface area contributed by atoms with Crippen molar-refractivity contribution in [3.8, 4) is 0 Å². The summed E-state index contributed by atoms with van der Waals surface area (Å²) in [5, 5.41) is 14.5. The van der Waals surface area contributed by atoms with Crippen LogP contribution in [0.15, 0.2) is 35.9 Å². The number of ketones is 2. The lowest BCUT2D eigenvalue weighted by atomic mass is 9.46. The number of carbonyl (C=O) groups is 4. The topological polar surface area (TPSA) is 110 Å². The van der Waals surface area contributed by atoms with E-state index in [-0.39, 0.29) is 41.7 Å².